The molecule has 0 radical (unpaired) electrons. The number of barbiturate groups is 1. The van der Waals surface area contributed by atoms with Crippen molar-refractivity contribution in [2.24, 2.45) is 0 Å². The molecule has 1 aliphatic heterocycles. The van der Waals surface area contributed by atoms with E-state index >= 15 is 0 Å². The molecule has 3 aromatic rings. The van der Waals surface area contributed by atoms with Crippen LogP contribution in [-0.4, -0.2) is 26.3 Å². The first kappa shape index (κ1) is 23.9. The van der Waals surface area contributed by atoms with Gasteiger partial charge >= 0.3 is 16.1 Å². The number of carbonyl (C=O) groups is 3. The Balaban J connectivity index is 1.56. The molecule has 0 bridgehead atoms. The lowest BCUT2D eigenvalue weighted by Gasteiger charge is -2.26. The summed E-state index contributed by atoms with van der Waals surface area (Å²) in [5, 5.41) is 2.18. The molecular formula is C26H22N2O6S. The second-order valence-corrected chi connectivity index (χ2v) is 9.44. The van der Waals surface area contributed by atoms with Gasteiger partial charge in [-0.2, -0.15) is 8.42 Å². The summed E-state index contributed by atoms with van der Waals surface area (Å²) < 4.78 is 30.1. The number of nitrogens with zero attached hydrogens (tertiary/aromatic N) is 1. The molecule has 4 rings (SSSR count). The zero-order valence-corrected chi connectivity index (χ0v) is 19.8. The number of carbonyl (C=O) groups excluding carboxylic acids is 3. The smallest absolute Gasteiger partial charge is 0.339 e. The predicted octanol–water partition coefficient (Wildman–Crippen LogP) is 3.99. The summed E-state index contributed by atoms with van der Waals surface area (Å²) in [4.78, 5) is 38.7. The Hall–Kier alpha value is -4.24. The number of benzene rings is 3. The molecule has 0 saturated carbocycles. The molecule has 1 N–H and O–H groups in total. The third-order valence-electron chi connectivity index (χ3n) is 5.41. The molecule has 4 amide bonds. The minimum atomic E-state index is -4.01. The fraction of sp³-hybridized carbons (Fsp3) is 0.115. The first-order valence-electron chi connectivity index (χ1n) is 10.8. The summed E-state index contributed by atoms with van der Waals surface area (Å²) in [6.45, 7) is 3.83. The van der Waals surface area contributed by atoms with Gasteiger partial charge in [-0.1, -0.05) is 48.9 Å². The van der Waals surface area contributed by atoms with Crippen LogP contribution in [0.3, 0.4) is 0 Å². The van der Waals surface area contributed by atoms with Crippen LogP contribution in [0.2, 0.25) is 0 Å². The molecule has 0 aromatic heterocycles. The second kappa shape index (κ2) is 9.55. The Morgan fingerprint density at radius 1 is 0.886 bits per heavy atom. The van der Waals surface area contributed by atoms with Gasteiger partial charge in [0, 0.05) is 0 Å². The average Bonchev–Trinajstić information content (AvgIpc) is 2.83. The van der Waals surface area contributed by atoms with E-state index in [0.717, 1.165) is 22.4 Å². The van der Waals surface area contributed by atoms with Crippen LogP contribution in [0.25, 0.3) is 6.08 Å². The van der Waals surface area contributed by atoms with E-state index in [9.17, 15) is 22.8 Å². The van der Waals surface area contributed by atoms with E-state index in [1.165, 1.54) is 42.5 Å². The molecule has 9 heteroatoms. The van der Waals surface area contributed by atoms with Crippen LogP contribution in [0.1, 0.15) is 23.6 Å². The van der Waals surface area contributed by atoms with Crippen molar-refractivity contribution >= 4 is 39.7 Å². The van der Waals surface area contributed by atoms with Crippen LogP contribution in [0.5, 0.6) is 5.75 Å². The fourth-order valence-corrected chi connectivity index (χ4v) is 4.37. The Labute approximate surface area is 203 Å². The van der Waals surface area contributed by atoms with Gasteiger partial charge in [0.25, 0.3) is 11.8 Å². The van der Waals surface area contributed by atoms with Crippen molar-refractivity contribution < 1.29 is 27.0 Å². The maximum atomic E-state index is 13.0. The number of aryl methyl sites for hydroxylation is 2. The van der Waals surface area contributed by atoms with E-state index in [2.05, 4.69) is 5.32 Å². The number of nitrogens with one attached hydrogen (secondary N) is 1. The topological polar surface area (TPSA) is 110 Å². The lowest BCUT2D eigenvalue weighted by Crippen LogP contribution is -2.54. The van der Waals surface area contributed by atoms with Gasteiger partial charge in [0.15, 0.2) is 0 Å². The Kier molecular flexibility index (Phi) is 6.52. The largest absolute Gasteiger partial charge is 0.379 e. The second-order valence-electron chi connectivity index (χ2n) is 7.90. The normalized spacial score (nSPS) is 15.3. The van der Waals surface area contributed by atoms with E-state index in [1.54, 1.807) is 36.4 Å². The zero-order valence-electron chi connectivity index (χ0n) is 19.0. The molecule has 8 nitrogen and oxygen atoms in total. The standard InChI is InChI=1S/C26H22N2O6S/c1-3-18-6-10-20(11-7-18)28-25(30)23(24(29)27-26(28)31)16-19-8-12-21(13-9-19)34-35(32,33)22-14-4-17(2)5-15-22/h4-16H,3H2,1-2H3,(H,27,29,31)/b23-16+. The maximum Gasteiger partial charge on any atom is 0.339 e. The third-order valence-corrected chi connectivity index (χ3v) is 6.67. The number of amides is 4. The molecule has 178 valence electrons. The number of hydrogen-bond donors (Lipinski definition) is 1. The Bertz CT molecular complexity index is 1420. The lowest BCUT2D eigenvalue weighted by atomic mass is 10.1. The molecule has 1 heterocycles. The van der Waals surface area contributed by atoms with Crippen molar-refractivity contribution in [1.82, 2.24) is 5.32 Å². The van der Waals surface area contributed by atoms with Gasteiger partial charge in [-0.3, -0.25) is 14.9 Å². The van der Waals surface area contributed by atoms with Crippen LogP contribution < -0.4 is 14.4 Å². The van der Waals surface area contributed by atoms with Crippen molar-refractivity contribution in [1.29, 1.82) is 0 Å². The Morgan fingerprint density at radius 2 is 1.51 bits per heavy atom. The quantitative estimate of drug-likeness (QED) is 0.318. The summed E-state index contributed by atoms with van der Waals surface area (Å²) >= 11 is 0. The number of rotatable bonds is 6. The molecule has 1 fully saturated rings. The summed E-state index contributed by atoms with van der Waals surface area (Å²) in [5.41, 5.74) is 2.51. The summed E-state index contributed by atoms with van der Waals surface area (Å²) in [6, 6.07) is 18.2. The maximum absolute atomic E-state index is 13.0. The van der Waals surface area contributed by atoms with Gasteiger partial charge in [-0.05, 0) is 66.9 Å². The predicted molar refractivity (Wildman–Crippen MR) is 130 cm³/mol. The van der Waals surface area contributed by atoms with Crippen LogP contribution >= 0.6 is 0 Å². The number of hydrogen-bond acceptors (Lipinski definition) is 6. The van der Waals surface area contributed by atoms with E-state index < -0.39 is 28.0 Å². The fourth-order valence-electron chi connectivity index (χ4n) is 3.44. The third kappa shape index (κ3) is 5.15. The highest BCUT2D eigenvalue weighted by Gasteiger charge is 2.36. The van der Waals surface area contributed by atoms with E-state index in [4.69, 9.17) is 4.18 Å². The van der Waals surface area contributed by atoms with Gasteiger partial charge in [0.1, 0.15) is 16.2 Å². The molecule has 0 unspecified atom stereocenters. The summed E-state index contributed by atoms with van der Waals surface area (Å²) in [7, 11) is -4.01. The number of urea groups is 1. The summed E-state index contributed by atoms with van der Waals surface area (Å²) in [6.07, 6.45) is 2.13. The van der Waals surface area contributed by atoms with Crippen molar-refractivity contribution in [2.45, 2.75) is 25.2 Å². The highest BCUT2D eigenvalue weighted by molar-refractivity contribution is 7.87. The summed E-state index contributed by atoms with van der Waals surface area (Å²) in [5.74, 6) is -1.51. The van der Waals surface area contributed by atoms with Gasteiger partial charge in [-0.15, -0.1) is 0 Å². The molecule has 1 aliphatic rings. The molecule has 0 atom stereocenters. The highest BCUT2D eigenvalue weighted by Crippen LogP contribution is 2.24. The first-order chi connectivity index (χ1) is 16.7. The first-order valence-corrected chi connectivity index (χ1v) is 12.2. The number of imide groups is 2. The molecule has 0 aliphatic carbocycles. The SMILES string of the molecule is CCc1ccc(N2C(=O)NC(=O)/C(=C\c3ccc(OS(=O)(=O)c4ccc(C)cc4)cc3)C2=O)cc1. The van der Waals surface area contributed by atoms with Crippen molar-refractivity contribution in [3.05, 3.63) is 95.1 Å². The van der Waals surface area contributed by atoms with Gasteiger partial charge in [0.05, 0.1) is 5.69 Å². The van der Waals surface area contributed by atoms with Crippen LogP contribution in [0.15, 0.2) is 83.3 Å². The zero-order chi connectivity index (χ0) is 25.2. The molecule has 3 aromatic carbocycles. The molecular weight excluding hydrogens is 468 g/mol. The molecule has 35 heavy (non-hydrogen) atoms. The number of anilines is 1. The Morgan fingerprint density at radius 3 is 2.11 bits per heavy atom. The van der Waals surface area contributed by atoms with Crippen molar-refractivity contribution in [2.75, 3.05) is 4.90 Å². The molecule has 0 spiro atoms. The van der Waals surface area contributed by atoms with E-state index in [1.807, 2.05) is 13.8 Å². The average molecular weight is 491 g/mol. The van der Waals surface area contributed by atoms with Crippen molar-refractivity contribution in [3.63, 3.8) is 0 Å². The minimum absolute atomic E-state index is 0.0236. The highest BCUT2D eigenvalue weighted by atomic mass is 32.2. The van der Waals surface area contributed by atoms with Crippen LogP contribution in [-0.2, 0) is 26.1 Å². The van der Waals surface area contributed by atoms with Gasteiger partial charge in [0.2, 0.25) is 0 Å². The van der Waals surface area contributed by atoms with Gasteiger partial charge in [-0.25, -0.2) is 9.69 Å². The van der Waals surface area contributed by atoms with Gasteiger partial charge < -0.3 is 4.18 Å². The monoisotopic (exact) mass is 490 g/mol. The van der Waals surface area contributed by atoms with Crippen LogP contribution in [0.4, 0.5) is 10.5 Å². The lowest BCUT2D eigenvalue weighted by molar-refractivity contribution is -0.122. The van der Waals surface area contributed by atoms with E-state index in [0.29, 0.717) is 11.3 Å². The van der Waals surface area contributed by atoms with Crippen LogP contribution in [0, 0.1) is 6.92 Å². The van der Waals surface area contributed by atoms with E-state index in [-0.39, 0.29) is 16.2 Å². The van der Waals surface area contributed by atoms with Crippen molar-refractivity contribution in [3.8, 4) is 5.75 Å². The minimum Gasteiger partial charge on any atom is -0.379 e. The molecule has 1 saturated heterocycles.